The van der Waals surface area contributed by atoms with Gasteiger partial charge >= 0.3 is 5.97 Å². The Morgan fingerprint density at radius 2 is 2.11 bits per heavy atom. The Kier molecular flexibility index (Phi) is 3.41. The number of carboxylic acid groups (broad SMARTS) is 1. The topological polar surface area (TPSA) is 66.0 Å². The molecule has 0 aliphatic heterocycles. The highest BCUT2D eigenvalue weighted by molar-refractivity contribution is 5.67. The Hall–Kier alpha value is -2.17. The van der Waals surface area contributed by atoms with Crippen molar-refractivity contribution in [2.75, 3.05) is 0 Å². The number of aromatic nitrogens is 2. The van der Waals surface area contributed by atoms with Crippen molar-refractivity contribution in [3.05, 3.63) is 42.1 Å². The van der Waals surface area contributed by atoms with Gasteiger partial charge in [-0.2, -0.15) is 0 Å². The molecule has 0 spiro atoms. The summed E-state index contributed by atoms with van der Waals surface area (Å²) in [6.07, 6.45) is 1.65. The van der Waals surface area contributed by atoms with Crippen molar-refractivity contribution in [3.8, 4) is 11.3 Å². The summed E-state index contributed by atoms with van der Waals surface area (Å²) in [7, 11) is 0. The van der Waals surface area contributed by atoms with Crippen LogP contribution in [0.15, 0.2) is 30.5 Å². The maximum Gasteiger partial charge on any atom is 0.304 e. The molecule has 0 bridgehead atoms. The van der Waals surface area contributed by atoms with Crippen molar-refractivity contribution < 1.29 is 14.3 Å². The Bertz CT molecular complexity index is 548. The minimum Gasteiger partial charge on any atom is -0.481 e. The predicted octanol–water partition coefficient (Wildman–Crippen LogP) is 2.79. The molecule has 0 aliphatic carbocycles. The lowest BCUT2D eigenvalue weighted by Crippen LogP contribution is -2.04. The average Bonchev–Trinajstić information content (AvgIpc) is 2.78. The van der Waals surface area contributed by atoms with Crippen LogP contribution in [0.2, 0.25) is 0 Å². The van der Waals surface area contributed by atoms with Crippen LogP contribution in [0.25, 0.3) is 11.3 Å². The van der Waals surface area contributed by atoms with E-state index >= 15 is 0 Å². The lowest BCUT2D eigenvalue weighted by molar-refractivity contribution is -0.137. The maximum atomic E-state index is 12.8. The molecule has 2 aromatic rings. The summed E-state index contributed by atoms with van der Waals surface area (Å²) in [5.74, 6) is -0.714. The van der Waals surface area contributed by atoms with Crippen molar-refractivity contribution >= 4 is 5.97 Å². The van der Waals surface area contributed by atoms with E-state index in [1.807, 2.05) is 0 Å². The molecule has 0 amide bonds. The molecule has 0 saturated carbocycles. The van der Waals surface area contributed by atoms with E-state index in [1.54, 1.807) is 25.3 Å². The highest BCUT2D eigenvalue weighted by Crippen LogP contribution is 2.21. The summed E-state index contributed by atoms with van der Waals surface area (Å²) in [6, 6.07) is 6.04. The molecule has 4 nitrogen and oxygen atoms in total. The van der Waals surface area contributed by atoms with Crippen LogP contribution in [-0.2, 0) is 4.79 Å². The zero-order valence-electron chi connectivity index (χ0n) is 9.85. The van der Waals surface area contributed by atoms with Gasteiger partial charge in [0.15, 0.2) is 0 Å². The van der Waals surface area contributed by atoms with Crippen molar-refractivity contribution in [2.45, 2.75) is 19.3 Å². The number of hydrogen-bond donors (Lipinski definition) is 2. The summed E-state index contributed by atoms with van der Waals surface area (Å²) in [6.45, 7) is 1.79. The fourth-order valence-corrected chi connectivity index (χ4v) is 1.72. The molecule has 1 atom stereocenters. The van der Waals surface area contributed by atoms with Crippen LogP contribution in [0.3, 0.4) is 0 Å². The first-order valence-electron chi connectivity index (χ1n) is 5.59. The van der Waals surface area contributed by atoms with Crippen molar-refractivity contribution in [1.82, 2.24) is 9.97 Å². The highest BCUT2D eigenvalue weighted by atomic mass is 19.1. The Morgan fingerprint density at radius 3 is 2.72 bits per heavy atom. The molecule has 1 unspecified atom stereocenters. The molecule has 0 radical (unpaired) electrons. The molecule has 1 heterocycles. The third kappa shape index (κ3) is 2.74. The number of aromatic amines is 1. The molecular formula is C13H13FN2O2. The molecule has 2 N–H and O–H groups in total. The number of H-pyrrole nitrogens is 1. The smallest absolute Gasteiger partial charge is 0.304 e. The fourth-order valence-electron chi connectivity index (χ4n) is 1.72. The molecular weight excluding hydrogens is 235 g/mol. The van der Waals surface area contributed by atoms with Crippen molar-refractivity contribution in [3.63, 3.8) is 0 Å². The molecule has 18 heavy (non-hydrogen) atoms. The number of benzene rings is 1. The summed E-state index contributed by atoms with van der Waals surface area (Å²) >= 11 is 0. The van der Waals surface area contributed by atoms with E-state index < -0.39 is 5.97 Å². The van der Waals surface area contributed by atoms with E-state index in [1.165, 1.54) is 12.1 Å². The summed E-state index contributed by atoms with van der Waals surface area (Å²) in [4.78, 5) is 17.8. The number of halogens is 1. The van der Waals surface area contributed by atoms with Gasteiger partial charge in [-0.05, 0) is 29.8 Å². The SMILES string of the molecule is CC(CC(=O)O)c1ncc(-c2ccc(F)cc2)[nH]1. The first-order chi connectivity index (χ1) is 8.56. The van der Waals surface area contributed by atoms with E-state index in [0.29, 0.717) is 5.82 Å². The summed E-state index contributed by atoms with van der Waals surface area (Å²) in [5, 5.41) is 8.72. The van der Waals surface area contributed by atoms with Gasteiger partial charge in [0.2, 0.25) is 0 Å². The maximum absolute atomic E-state index is 12.8. The zero-order valence-corrected chi connectivity index (χ0v) is 9.85. The number of aliphatic carboxylic acids is 1. The van der Waals surface area contributed by atoms with Crippen molar-refractivity contribution in [1.29, 1.82) is 0 Å². The number of hydrogen-bond acceptors (Lipinski definition) is 2. The van der Waals surface area contributed by atoms with Crippen molar-refractivity contribution in [2.24, 2.45) is 0 Å². The minimum atomic E-state index is -0.859. The number of imidazole rings is 1. The standard InChI is InChI=1S/C13H13FN2O2/c1-8(6-12(17)18)13-15-7-11(16-13)9-2-4-10(14)5-3-9/h2-5,7-8H,6H2,1H3,(H,15,16)(H,17,18). The third-order valence-corrected chi connectivity index (χ3v) is 2.70. The van der Waals surface area contributed by atoms with Gasteiger partial charge in [0.1, 0.15) is 11.6 Å². The van der Waals surface area contributed by atoms with E-state index in [-0.39, 0.29) is 18.2 Å². The van der Waals surface area contributed by atoms with Crippen LogP contribution in [0.5, 0.6) is 0 Å². The quantitative estimate of drug-likeness (QED) is 0.874. The van der Waals surface area contributed by atoms with Crippen LogP contribution in [0.4, 0.5) is 4.39 Å². The van der Waals surface area contributed by atoms with Crippen LogP contribution < -0.4 is 0 Å². The van der Waals surface area contributed by atoms with Gasteiger partial charge in [-0.1, -0.05) is 6.92 Å². The van der Waals surface area contributed by atoms with Crippen LogP contribution in [0, 0.1) is 5.82 Å². The lowest BCUT2D eigenvalue weighted by Gasteiger charge is -2.04. The molecule has 1 aromatic carbocycles. The number of rotatable bonds is 4. The number of nitrogens with one attached hydrogen (secondary N) is 1. The second-order valence-electron chi connectivity index (χ2n) is 4.19. The molecule has 0 aliphatic rings. The molecule has 0 saturated heterocycles. The first-order valence-corrected chi connectivity index (χ1v) is 5.59. The molecule has 2 rings (SSSR count). The number of nitrogens with zero attached hydrogens (tertiary/aromatic N) is 1. The van der Waals surface area contributed by atoms with Gasteiger partial charge in [0.25, 0.3) is 0 Å². The molecule has 5 heteroatoms. The summed E-state index contributed by atoms with van der Waals surface area (Å²) < 4.78 is 12.8. The summed E-state index contributed by atoms with van der Waals surface area (Å²) in [5.41, 5.74) is 1.57. The van der Waals surface area contributed by atoms with E-state index in [9.17, 15) is 9.18 Å². The Labute approximate surface area is 103 Å². The minimum absolute atomic E-state index is 0.0242. The third-order valence-electron chi connectivity index (χ3n) is 2.70. The molecule has 1 aromatic heterocycles. The Morgan fingerprint density at radius 1 is 1.44 bits per heavy atom. The predicted molar refractivity (Wildman–Crippen MR) is 64.6 cm³/mol. The lowest BCUT2D eigenvalue weighted by atomic mass is 10.1. The number of carbonyl (C=O) groups is 1. The van der Waals surface area contributed by atoms with E-state index in [0.717, 1.165) is 11.3 Å². The highest BCUT2D eigenvalue weighted by Gasteiger charge is 2.13. The van der Waals surface area contributed by atoms with Gasteiger partial charge in [-0.3, -0.25) is 4.79 Å². The Balaban J connectivity index is 2.19. The second-order valence-corrected chi connectivity index (χ2v) is 4.19. The van der Waals surface area contributed by atoms with Gasteiger partial charge in [-0.25, -0.2) is 9.37 Å². The zero-order chi connectivity index (χ0) is 13.1. The van der Waals surface area contributed by atoms with Gasteiger partial charge in [0, 0.05) is 5.92 Å². The van der Waals surface area contributed by atoms with E-state index in [2.05, 4.69) is 9.97 Å². The molecule has 94 valence electrons. The first kappa shape index (κ1) is 12.3. The average molecular weight is 248 g/mol. The monoisotopic (exact) mass is 248 g/mol. The number of carboxylic acids is 1. The van der Waals surface area contributed by atoms with Crippen LogP contribution >= 0.6 is 0 Å². The largest absolute Gasteiger partial charge is 0.481 e. The molecule has 0 fully saturated rings. The fraction of sp³-hybridized carbons (Fsp3) is 0.231. The van der Waals surface area contributed by atoms with Gasteiger partial charge < -0.3 is 10.1 Å². The second kappa shape index (κ2) is 5.00. The van der Waals surface area contributed by atoms with Crippen LogP contribution in [0.1, 0.15) is 25.1 Å². The van der Waals surface area contributed by atoms with Gasteiger partial charge in [-0.15, -0.1) is 0 Å². The van der Waals surface area contributed by atoms with Gasteiger partial charge in [0.05, 0.1) is 18.3 Å². The van der Waals surface area contributed by atoms with E-state index in [4.69, 9.17) is 5.11 Å². The normalized spacial score (nSPS) is 12.3. The van der Waals surface area contributed by atoms with Crippen LogP contribution in [-0.4, -0.2) is 21.0 Å².